The first-order valence-corrected chi connectivity index (χ1v) is 14.1. The van der Waals surface area contributed by atoms with Crippen LogP contribution in [0.2, 0.25) is 0 Å². The number of carbonyl (C=O) groups is 3. The number of fused-ring (bicyclic) bond motifs is 1. The molecule has 3 N–H and O–H groups in total. The molecule has 7 nitrogen and oxygen atoms in total. The molecule has 2 bridgehead atoms. The van der Waals surface area contributed by atoms with E-state index in [1.807, 2.05) is 60.7 Å². The van der Waals surface area contributed by atoms with Crippen LogP contribution in [-0.4, -0.2) is 56.9 Å². The van der Waals surface area contributed by atoms with Gasteiger partial charge < -0.3 is 20.6 Å². The van der Waals surface area contributed by atoms with Gasteiger partial charge in [0.25, 0.3) is 0 Å². The van der Waals surface area contributed by atoms with E-state index in [0.29, 0.717) is 12.2 Å². The average molecular weight is 522 g/mol. The highest BCUT2D eigenvalue weighted by Crippen LogP contribution is 2.69. The number of likely N-dealkylation sites (tertiary alicyclic amines) is 1. The van der Waals surface area contributed by atoms with Crippen LogP contribution in [-0.2, 0) is 14.4 Å². The summed E-state index contributed by atoms with van der Waals surface area (Å²) in [5.41, 5.74) is 1.47. The standard InChI is InChI=1S/C29H35N3O4S/c1-3-4-15-30-27(35)25-29-18(2)16-22(37-29)23(26(34)31-20-13-9-6-10-14-20)24(29)28(36)32(25)21(17-33)19-11-7-5-8-12-19/h5-14,18,21-25,33H,3-4,15-17H2,1-2H3,(H,30,35)(H,31,34)/t18?,21-,22-,23+,24+,25?,29?/m1/s1. The largest absolute Gasteiger partial charge is 0.394 e. The minimum atomic E-state index is -0.765. The molecule has 2 aromatic carbocycles. The fourth-order valence-electron chi connectivity index (χ4n) is 6.66. The highest BCUT2D eigenvalue weighted by molar-refractivity contribution is 8.02. The number of aliphatic hydroxyl groups is 1. The molecule has 0 aliphatic carbocycles. The first kappa shape index (κ1) is 25.8. The molecule has 3 heterocycles. The molecule has 0 radical (unpaired) electrons. The van der Waals surface area contributed by atoms with Crippen LogP contribution in [0.25, 0.3) is 0 Å². The number of rotatable bonds is 9. The number of aliphatic hydroxyl groups excluding tert-OH is 1. The fourth-order valence-corrected chi connectivity index (χ4v) is 9.06. The van der Waals surface area contributed by atoms with E-state index >= 15 is 0 Å². The topological polar surface area (TPSA) is 98.7 Å². The van der Waals surface area contributed by atoms with E-state index in [2.05, 4.69) is 24.5 Å². The molecule has 0 saturated carbocycles. The van der Waals surface area contributed by atoms with Crippen LogP contribution in [0.15, 0.2) is 60.7 Å². The van der Waals surface area contributed by atoms with Crippen LogP contribution >= 0.6 is 11.8 Å². The lowest BCUT2D eigenvalue weighted by atomic mass is 9.66. The summed E-state index contributed by atoms with van der Waals surface area (Å²) in [7, 11) is 0. The molecule has 7 atom stereocenters. The van der Waals surface area contributed by atoms with E-state index in [4.69, 9.17) is 0 Å². The molecular formula is C29H35N3O4S. The van der Waals surface area contributed by atoms with Gasteiger partial charge in [-0.25, -0.2) is 0 Å². The number of benzene rings is 2. The van der Waals surface area contributed by atoms with E-state index in [-0.39, 0.29) is 35.5 Å². The van der Waals surface area contributed by atoms with Crippen LogP contribution < -0.4 is 10.6 Å². The molecule has 3 fully saturated rings. The Bertz CT molecular complexity index is 1150. The van der Waals surface area contributed by atoms with E-state index in [0.717, 1.165) is 24.8 Å². The van der Waals surface area contributed by atoms with Gasteiger partial charge in [0.2, 0.25) is 17.7 Å². The second kappa shape index (κ2) is 10.5. The summed E-state index contributed by atoms with van der Waals surface area (Å²) in [5.74, 6) is -1.69. The third kappa shape index (κ3) is 4.24. The van der Waals surface area contributed by atoms with Crippen molar-refractivity contribution in [1.29, 1.82) is 0 Å². The van der Waals surface area contributed by atoms with Crippen molar-refractivity contribution in [2.24, 2.45) is 17.8 Å². The summed E-state index contributed by atoms with van der Waals surface area (Å²) in [5, 5.41) is 16.6. The van der Waals surface area contributed by atoms with E-state index in [9.17, 15) is 19.5 Å². The normalized spacial score (nSPS) is 30.7. The maximum Gasteiger partial charge on any atom is 0.244 e. The van der Waals surface area contributed by atoms with Crippen LogP contribution in [0, 0.1) is 17.8 Å². The number of nitrogens with one attached hydrogen (secondary N) is 2. The second-order valence-corrected chi connectivity index (χ2v) is 12.0. The van der Waals surface area contributed by atoms with Gasteiger partial charge in [-0.05, 0) is 36.5 Å². The Labute approximate surface area is 222 Å². The summed E-state index contributed by atoms with van der Waals surface area (Å²) in [6.07, 6.45) is 2.56. The number of unbranched alkanes of at least 4 members (excludes halogenated alkanes) is 1. The van der Waals surface area contributed by atoms with Crippen LogP contribution in [0.4, 0.5) is 5.69 Å². The molecule has 3 amide bonds. The van der Waals surface area contributed by atoms with Gasteiger partial charge in [0.05, 0.1) is 29.2 Å². The number of nitrogens with zero attached hydrogens (tertiary/aromatic N) is 1. The van der Waals surface area contributed by atoms with Crippen LogP contribution in [0.5, 0.6) is 0 Å². The number of hydrogen-bond acceptors (Lipinski definition) is 5. The van der Waals surface area contributed by atoms with Gasteiger partial charge in [-0.3, -0.25) is 14.4 Å². The van der Waals surface area contributed by atoms with Crippen LogP contribution in [0.3, 0.4) is 0 Å². The van der Waals surface area contributed by atoms with Gasteiger partial charge in [-0.15, -0.1) is 11.8 Å². The molecule has 5 rings (SSSR count). The lowest BCUT2D eigenvalue weighted by Crippen LogP contribution is -2.57. The van der Waals surface area contributed by atoms with Gasteiger partial charge in [0.1, 0.15) is 6.04 Å². The quantitative estimate of drug-likeness (QED) is 0.438. The zero-order valence-corrected chi connectivity index (χ0v) is 22.1. The average Bonchev–Trinajstić information content (AvgIpc) is 3.50. The monoisotopic (exact) mass is 521 g/mol. The molecule has 2 aromatic rings. The molecule has 0 aromatic heterocycles. The summed E-state index contributed by atoms with van der Waals surface area (Å²) in [6, 6.07) is 17.2. The number of carbonyl (C=O) groups excluding carboxylic acids is 3. The van der Waals surface area contributed by atoms with Crippen molar-refractivity contribution in [3.63, 3.8) is 0 Å². The number of thioether (sulfide) groups is 1. The zero-order valence-electron chi connectivity index (χ0n) is 21.3. The SMILES string of the molecule is CCCCNC(=O)C1N([C@H](CO)c2ccccc2)C(=O)[C@@H]2[C@@H](C(=O)Nc3ccccc3)[C@H]3CC(C)C12S3. The summed E-state index contributed by atoms with van der Waals surface area (Å²) >= 11 is 1.65. The molecule has 3 unspecified atom stereocenters. The first-order chi connectivity index (χ1) is 17.9. The lowest BCUT2D eigenvalue weighted by Gasteiger charge is -2.40. The summed E-state index contributed by atoms with van der Waals surface area (Å²) in [4.78, 5) is 43.5. The minimum Gasteiger partial charge on any atom is -0.394 e. The molecule has 37 heavy (non-hydrogen) atoms. The van der Waals surface area contributed by atoms with Crippen molar-refractivity contribution in [2.45, 2.75) is 55.2 Å². The Balaban J connectivity index is 1.55. The molecule has 3 aliphatic heterocycles. The van der Waals surface area contributed by atoms with Crippen molar-refractivity contribution < 1.29 is 19.5 Å². The second-order valence-electron chi connectivity index (χ2n) is 10.4. The van der Waals surface area contributed by atoms with Gasteiger partial charge in [0, 0.05) is 17.5 Å². The fraction of sp³-hybridized carbons (Fsp3) is 0.483. The highest BCUT2D eigenvalue weighted by Gasteiger charge is 2.76. The zero-order chi connectivity index (χ0) is 26.2. The number of hydrogen-bond donors (Lipinski definition) is 3. The number of para-hydroxylation sites is 1. The van der Waals surface area contributed by atoms with Crippen molar-refractivity contribution in [3.8, 4) is 0 Å². The number of anilines is 1. The van der Waals surface area contributed by atoms with Gasteiger partial charge in [-0.2, -0.15) is 0 Å². The third-order valence-corrected chi connectivity index (χ3v) is 10.4. The van der Waals surface area contributed by atoms with Gasteiger partial charge in [-0.1, -0.05) is 68.8 Å². The van der Waals surface area contributed by atoms with Crippen molar-refractivity contribution in [3.05, 3.63) is 66.2 Å². The molecule has 8 heteroatoms. The smallest absolute Gasteiger partial charge is 0.244 e. The third-order valence-electron chi connectivity index (χ3n) is 8.30. The molecule has 3 saturated heterocycles. The van der Waals surface area contributed by atoms with E-state index in [1.165, 1.54) is 0 Å². The Kier molecular flexibility index (Phi) is 7.32. The molecule has 196 valence electrons. The first-order valence-electron chi connectivity index (χ1n) is 13.2. The van der Waals surface area contributed by atoms with Gasteiger partial charge >= 0.3 is 0 Å². The Morgan fingerprint density at radius 2 is 1.78 bits per heavy atom. The summed E-state index contributed by atoms with van der Waals surface area (Å²) < 4.78 is -0.723. The maximum atomic E-state index is 14.3. The number of amides is 3. The Morgan fingerprint density at radius 1 is 1.11 bits per heavy atom. The minimum absolute atomic E-state index is 0.0370. The van der Waals surface area contributed by atoms with Crippen molar-refractivity contribution in [2.75, 3.05) is 18.5 Å². The predicted octanol–water partition coefficient (Wildman–Crippen LogP) is 3.61. The summed E-state index contributed by atoms with van der Waals surface area (Å²) in [6.45, 7) is 4.39. The van der Waals surface area contributed by atoms with Crippen LogP contribution in [0.1, 0.15) is 44.7 Å². The van der Waals surface area contributed by atoms with E-state index < -0.39 is 28.7 Å². The Hall–Kier alpha value is -2.84. The van der Waals surface area contributed by atoms with Crippen molar-refractivity contribution in [1.82, 2.24) is 10.2 Å². The van der Waals surface area contributed by atoms with E-state index in [1.54, 1.807) is 16.7 Å². The maximum absolute atomic E-state index is 14.3. The van der Waals surface area contributed by atoms with Gasteiger partial charge in [0.15, 0.2) is 0 Å². The Morgan fingerprint density at radius 3 is 2.43 bits per heavy atom. The molecule has 3 aliphatic rings. The lowest BCUT2D eigenvalue weighted by molar-refractivity contribution is -0.142. The predicted molar refractivity (Wildman–Crippen MR) is 145 cm³/mol. The van der Waals surface area contributed by atoms with Crippen molar-refractivity contribution >= 4 is 35.2 Å². The molecular weight excluding hydrogens is 486 g/mol. The molecule has 1 spiro atoms. The highest BCUT2D eigenvalue weighted by atomic mass is 32.2.